The van der Waals surface area contributed by atoms with Gasteiger partial charge < -0.3 is 4.90 Å². The number of rotatable bonds is 5. The molecule has 1 atom stereocenters. The van der Waals surface area contributed by atoms with Gasteiger partial charge in [-0.05, 0) is 31.6 Å². The fourth-order valence-electron chi connectivity index (χ4n) is 3.81. The molecule has 22 heavy (non-hydrogen) atoms. The fourth-order valence-corrected chi connectivity index (χ4v) is 5.44. The maximum Gasteiger partial charge on any atom is 0.249 e. The molecular weight excluding hydrogens is 318 g/mol. The van der Waals surface area contributed by atoms with Gasteiger partial charge in [-0.1, -0.05) is 43.4 Å². The molecule has 1 aliphatic heterocycles. The number of anilines is 1. The van der Waals surface area contributed by atoms with Crippen molar-refractivity contribution in [2.75, 3.05) is 11.4 Å². The number of hydrogen-bond donors (Lipinski definition) is 1. The van der Waals surface area contributed by atoms with Crippen molar-refractivity contribution in [2.24, 2.45) is 11.1 Å². The highest BCUT2D eigenvalue weighted by molar-refractivity contribution is 7.91. The first-order valence-electron chi connectivity index (χ1n) is 8.29. The van der Waals surface area contributed by atoms with Crippen LogP contribution in [0.3, 0.4) is 0 Å². The third-order valence-corrected chi connectivity index (χ3v) is 7.45. The second-order valence-electron chi connectivity index (χ2n) is 6.58. The van der Waals surface area contributed by atoms with Gasteiger partial charge in [-0.2, -0.15) is 0 Å². The summed E-state index contributed by atoms with van der Waals surface area (Å²) in [7, 11) is -3.63. The van der Waals surface area contributed by atoms with E-state index in [-0.39, 0.29) is 4.21 Å². The molecule has 0 amide bonds. The average Bonchev–Trinajstić information content (AvgIpc) is 3.14. The molecule has 0 spiro atoms. The molecule has 124 valence electrons. The normalized spacial score (nSPS) is 24.0. The van der Waals surface area contributed by atoms with Gasteiger partial charge in [0.2, 0.25) is 10.0 Å². The third kappa shape index (κ3) is 3.81. The Morgan fingerprint density at radius 3 is 2.64 bits per heavy atom. The van der Waals surface area contributed by atoms with Crippen LogP contribution < -0.4 is 10.0 Å². The summed E-state index contributed by atoms with van der Waals surface area (Å²) in [5.74, 6) is 0.896. The Labute approximate surface area is 137 Å². The number of thiazole rings is 1. The maximum absolute atomic E-state index is 11.4. The molecule has 1 saturated carbocycles. The summed E-state index contributed by atoms with van der Waals surface area (Å²) >= 11 is 1.20. The quantitative estimate of drug-likeness (QED) is 0.891. The summed E-state index contributed by atoms with van der Waals surface area (Å²) < 4.78 is 23.0. The molecule has 1 unspecified atom stereocenters. The lowest BCUT2D eigenvalue weighted by Crippen LogP contribution is -2.29. The number of nitrogens with zero attached hydrogens (tertiary/aromatic N) is 2. The van der Waals surface area contributed by atoms with E-state index in [0.717, 1.165) is 17.6 Å². The fraction of sp³-hybridized carbons (Fsp3) is 0.800. The van der Waals surface area contributed by atoms with Crippen molar-refractivity contribution >= 4 is 26.5 Å². The van der Waals surface area contributed by atoms with E-state index in [4.69, 9.17) is 5.14 Å². The SMILES string of the molecule is NS(=O)(=O)c1cnc(N2CCCC2CCC2CCCCC2)s1. The standard InChI is InChI=1S/C15H25N3O2S2/c16-22(19,20)14-11-17-15(21-14)18-10-4-7-13(18)9-8-12-5-2-1-3-6-12/h11-13H,1-10H2,(H2,16,19,20). The van der Waals surface area contributed by atoms with Gasteiger partial charge in [0.05, 0.1) is 6.20 Å². The van der Waals surface area contributed by atoms with Crippen LogP contribution in [0.4, 0.5) is 5.13 Å². The minimum absolute atomic E-state index is 0.167. The predicted molar refractivity (Wildman–Crippen MR) is 89.7 cm³/mol. The van der Waals surface area contributed by atoms with Crippen LogP contribution in [-0.2, 0) is 10.0 Å². The molecule has 2 aliphatic rings. The Morgan fingerprint density at radius 2 is 1.95 bits per heavy atom. The number of sulfonamides is 1. The van der Waals surface area contributed by atoms with Crippen LogP contribution in [0.2, 0.25) is 0 Å². The van der Waals surface area contributed by atoms with E-state index in [2.05, 4.69) is 9.88 Å². The number of aromatic nitrogens is 1. The molecule has 0 aromatic carbocycles. The van der Waals surface area contributed by atoms with Gasteiger partial charge >= 0.3 is 0 Å². The van der Waals surface area contributed by atoms with Crippen LogP contribution in [0.5, 0.6) is 0 Å². The number of nitrogens with two attached hydrogens (primary N) is 1. The lowest BCUT2D eigenvalue weighted by Gasteiger charge is -2.27. The van der Waals surface area contributed by atoms with Gasteiger partial charge in [-0.3, -0.25) is 0 Å². The Balaban J connectivity index is 1.61. The molecule has 0 radical (unpaired) electrons. The summed E-state index contributed by atoms with van der Waals surface area (Å²) in [4.78, 5) is 6.59. The van der Waals surface area contributed by atoms with E-state index >= 15 is 0 Å². The van der Waals surface area contributed by atoms with Crippen LogP contribution in [0.25, 0.3) is 0 Å². The van der Waals surface area contributed by atoms with Crippen molar-refractivity contribution in [2.45, 2.75) is 68.0 Å². The van der Waals surface area contributed by atoms with Crippen molar-refractivity contribution in [1.82, 2.24) is 4.98 Å². The van der Waals surface area contributed by atoms with E-state index in [1.807, 2.05) is 0 Å². The smallest absolute Gasteiger partial charge is 0.249 e. The zero-order valence-electron chi connectivity index (χ0n) is 12.9. The van der Waals surface area contributed by atoms with Crippen molar-refractivity contribution in [3.05, 3.63) is 6.20 Å². The van der Waals surface area contributed by atoms with Crippen molar-refractivity contribution < 1.29 is 8.42 Å². The largest absolute Gasteiger partial charge is 0.345 e. The lowest BCUT2D eigenvalue weighted by molar-refractivity contribution is 0.323. The molecule has 1 aromatic rings. The second kappa shape index (κ2) is 6.84. The van der Waals surface area contributed by atoms with Crippen molar-refractivity contribution in [3.8, 4) is 0 Å². The molecule has 1 saturated heterocycles. The van der Waals surface area contributed by atoms with Gasteiger partial charge in [-0.15, -0.1) is 0 Å². The summed E-state index contributed by atoms with van der Waals surface area (Å²) in [5, 5.41) is 6.00. The Hall–Kier alpha value is -0.660. The minimum Gasteiger partial charge on any atom is -0.345 e. The zero-order chi connectivity index (χ0) is 15.6. The number of primary sulfonamides is 1. The molecule has 0 bridgehead atoms. The molecule has 5 nitrogen and oxygen atoms in total. The van der Waals surface area contributed by atoms with E-state index in [9.17, 15) is 8.42 Å². The van der Waals surface area contributed by atoms with Crippen LogP contribution in [0.1, 0.15) is 57.8 Å². The highest BCUT2D eigenvalue weighted by atomic mass is 32.2. The summed E-state index contributed by atoms with van der Waals surface area (Å²) in [6.07, 6.45) is 13.2. The summed E-state index contributed by atoms with van der Waals surface area (Å²) in [6, 6.07) is 0.515. The highest BCUT2D eigenvalue weighted by Crippen LogP contribution is 2.35. The zero-order valence-corrected chi connectivity index (χ0v) is 14.5. The van der Waals surface area contributed by atoms with E-state index in [1.165, 1.54) is 75.3 Å². The minimum atomic E-state index is -3.63. The van der Waals surface area contributed by atoms with Crippen LogP contribution in [-0.4, -0.2) is 26.0 Å². The second-order valence-corrected chi connectivity index (χ2v) is 9.38. The summed E-state index contributed by atoms with van der Waals surface area (Å²) in [6.45, 7) is 0.979. The Kier molecular flexibility index (Phi) is 5.04. The molecule has 3 rings (SSSR count). The van der Waals surface area contributed by atoms with E-state index < -0.39 is 10.0 Å². The van der Waals surface area contributed by atoms with Gasteiger partial charge in [0.25, 0.3) is 0 Å². The highest BCUT2D eigenvalue weighted by Gasteiger charge is 2.28. The van der Waals surface area contributed by atoms with Crippen LogP contribution >= 0.6 is 11.3 Å². The van der Waals surface area contributed by atoms with Gasteiger partial charge in [-0.25, -0.2) is 18.5 Å². The van der Waals surface area contributed by atoms with Crippen molar-refractivity contribution in [3.63, 3.8) is 0 Å². The Bertz CT molecular complexity index is 594. The van der Waals surface area contributed by atoms with Crippen molar-refractivity contribution in [1.29, 1.82) is 0 Å². The molecule has 2 fully saturated rings. The summed E-state index contributed by atoms with van der Waals surface area (Å²) in [5.41, 5.74) is 0. The third-order valence-electron chi connectivity index (χ3n) is 5.01. The first kappa shape index (κ1) is 16.2. The average molecular weight is 344 g/mol. The Morgan fingerprint density at radius 1 is 1.18 bits per heavy atom. The van der Waals surface area contributed by atoms with Gasteiger partial charge in [0.1, 0.15) is 0 Å². The number of hydrogen-bond acceptors (Lipinski definition) is 5. The first-order chi connectivity index (χ1) is 10.5. The predicted octanol–water partition coefficient (Wildman–Crippen LogP) is 3.12. The monoisotopic (exact) mass is 343 g/mol. The van der Waals surface area contributed by atoms with Crippen LogP contribution in [0, 0.1) is 5.92 Å². The topological polar surface area (TPSA) is 76.3 Å². The molecule has 2 N–H and O–H groups in total. The molecule has 1 aromatic heterocycles. The molecule has 1 aliphatic carbocycles. The van der Waals surface area contributed by atoms with Crippen LogP contribution in [0.15, 0.2) is 10.4 Å². The molecule has 2 heterocycles. The maximum atomic E-state index is 11.4. The van der Waals surface area contributed by atoms with Gasteiger partial charge in [0.15, 0.2) is 9.34 Å². The van der Waals surface area contributed by atoms with E-state index in [0.29, 0.717) is 6.04 Å². The first-order valence-corrected chi connectivity index (χ1v) is 10.7. The van der Waals surface area contributed by atoms with Gasteiger partial charge in [0, 0.05) is 12.6 Å². The lowest BCUT2D eigenvalue weighted by atomic mass is 9.85. The molecule has 7 heteroatoms. The van der Waals surface area contributed by atoms with E-state index in [1.54, 1.807) is 0 Å². The molecular formula is C15H25N3O2S2.